The molecule has 5 heteroatoms. The lowest BCUT2D eigenvalue weighted by atomic mass is 9.96. The van der Waals surface area contributed by atoms with Gasteiger partial charge in [-0.3, -0.25) is 0 Å². The van der Waals surface area contributed by atoms with Gasteiger partial charge in [0.15, 0.2) is 0 Å². The number of hydrogen-bond donors (Lipinski definition) is 1. The fraction of sp³-hybridized carbons (Fsp3) is 0.105. The second-order valence-electron chi connectivity index (χ2n) is 5.68. The Hall–Kier alpha value is -3.21. The number of aromatic nitrogens is 2. The number of rotatable bonds is 3. The topological polar surface area (TPSA) is 76.2 Å². The highest BCUT2D eigenvalue weighted by atomic mass is 16.4. The van der Waals surface area contributed by atoms with Gasteiger partial charge in [0.1, 0.15) is 0 Å². The van der Waals surface area contributed by atoms with Crippen molar-refractivity contribution in [3.8, 4) is 11.5 Å². The summed E-state index contributed by atoms with van der Waals surface area (Å²) in [6, 6.07) is 14.0. The average Bonchev–Trinajstić information content (AvgIpc) is 3.11. The standard InChI is InChI=1S/C19H14N2O3/c22-19(23)16-7-3-6-14(11-16)17-20-21-18(24-17)15-9-8-12-4-1-2-5-13(12)10-15/h1-5,7-11,14H,6H2,(H,22,23). The van der Waals surface area contributed by atoms with Gasteiger partial charge in [-0.25, -0.2) is 4.79 Å². The molecule has 5 nitrogen and oxygen atoms in total. The molecule has 0 aliphatic heterocycles. The fourth-order valence-electron chi connectivity index (χ4n) is 2.82. The summed E-state index contributed by atoms with van der Waals surface area (Å²) >= 11 is 0. The molecule has 1 unspecified atom stereocenters. The number of carboxylic acids is 1. The van der Waals surface area contributed by atoms with Crippen LogP contribution in [0.15, 0.2) is 70.7 Å². The van der Waals surface area contributed by atoms with Crippen LogP contribution in [0.4, 0.5) is 0 Å². The number of carbonyl (C=O) groups is 1. The van der Waals surface area contributed by atoms with E-state index in [4.69, 9.17) is 9.52 Å². The summed E-state index contributed by atoms with van der Waals surface area (Å²) in [5.74, 6) is -0.287. The van der Waals surface area contributed by atoms with E-state index >= 15 is 0 Å². The van der Waals surface area contributed by atoms with Crippen LogP contribution in [0.2, 0.25) is 0 Å². The van der Waals surface area contributed by atoms with Crippen LogP contribution in [0, 0.1) is 0 Å². The molecule has 1 aliphatic rings. The van der Waals surface area contributed by atoms with Gasteiger partial charge in [0, 0.05) is 5.56 Å². The van der Waals surface area contributed by atoms with Crippen LogP contribution in [0.3, 0.4) is 0 Å². The summed E-state index contributed by atoms with van der Waals surface area (Å²) in [5, 5.41) is 19.6. The number of carboxylic acid groups (broad SMARTS) is 1. The van der Waals surface area contributed by atoms with E-state index in [1.807, 2.05) is 48.5 Å². The van der Waals surface area contributed by atoms with Gasteiger partial charge in [0.25, 0.3) is 0 Å². The predicted molar refractivity (Wildman–Crippen MR) is 89.5 cm³/mol. The van der Waals surface area contributed by atoms with Gasteiger partial charge in [0.05, 0.1) is 11.5 Å². The maximum atomic E-state index is 11.1. The number of fused-ring (bicyclic) bond motifs is 1. The Morgan fingerprint density at radius 2 is 1.96 bits per heavy atom. The van der Waals surface area contributed by atoms with Crippen LogP contribution in [0.25, 0.3) is 22.2 Å². The molecule has 1 atom stereocenters. The fourth-order valence-corrected chi connectivity index (χ4v) is 2.82. The zero-order chi connectivity index (χ0) is 16.5. The maximum absolute atomic E-state index is 11.1. The predicted octanol–water partition coefficient (Wildman–Crippen LogP) is 3.94. The number of hydrogen-bond acceptors (Lipinski definition) is 4. The molecule has 0 spiro atoms. The molecule has 1 heterocycles. The van der Waals surface area contributed by atoms with Crippen molar-refractivity contribution in [3.05, 3.63) is 72.2 Å². The van der Waals surface area contributed by atoms with E-state index in [2.05, 4.69) is 10.2 Å². The third-order valence-corrected chi connectivity index (χ3v) is 4.07. The summed E-state index contributed by atoms with van der Waals surface area (Å²) in [5.41, 5.74) is 1.10. The Morgan fingerprint density at radius 1 is 1.12 bits per heavy atom. The lowest BCUT2D eigenvalue weighted by Crippen LogP contribution is -2.06. The second-order valence-corrected chi connectivity index (χ2v) is 5.68. The summed E-state index contributed by atoms with van der Waals surface area (Å²) in [6.45, 7) is 0. The maximum Gasteiger partial charge on any atom is 0.335 e. The van der Waals surface area contributed by atoms with Crippen molar-refractivity contribution in [1.29, 1.82) is 0 Å². The SMILES string of the molecule is O=C(O)C1=CC(c2nnc(-c3ccc4ccccc4c3)o2)CC=C1. The lowest BCUT2D eigenvalue weighted by Gasteiger charge is -2.10. The van der Waals surface area contributed by atoms with E-state index in [-0.39, 0.29) is 11.5 Å². The highest BCUT2D eigenvalue weighted by Crippen LogP contribution is 2.29. The first kappa shape index (κ1) is 14.4. The summed E-state index contributed by atoms with van der Waals surface area (Å²) in [6.07, 6.45) is 5.71. The zero-order valence-corrected chi connectivity index (χ0v) is 12.7. The largest absolute Gasteiger partial charge is 0.478 e. The van der Waals surface area contributed by atoms with Crippen LogP contribution in [0.1, 0.15) is 18.2 Å². The van der Waals surface area contributed by atoms with Crippen LogP contribution >= 0.6 is 0 Å². The molecule has 2 aromatic carbocycles. The Morgan fingerprint density at radius 3 is 2.79 bits per heavy atom. The van der Waals surface area contributed by atoms with Gasteiger partial charge < -0.3 is 9.52 Å². The molecule has 118 valence electrons. The molecule has 24 heavy (non-hydrogen) atoms. The van der Waals surface area contributed by atoms with E-state index in [0.29, 0.717) is 18.2 Å². The Balaban J connectivity index is 1.67. The Kier molecular flexibility index (Phi) is 3.46. The molecule has 1 aliphatic carbocycles. The Labute approximate surface area is 137 Å². The smallest absolute Gasteiger partial charge is 0.335 e. The highest BCUT2D eigenvalue weighted by molar-refractivity contribution is 5.90. The minimum absolute atomic E-state index is 0.206. The van der Waals surface area contributed by atoms with Crippen LogP contribution in [-0.2, 0) is 4.79 Å². The number of benzene rings is 2. The first-order chi connectivity index (χ1) is 11.7. The summed E-state index contributed by atoms with van der Waals surface area (Å²) in [7, 11) is 0. The van der Waals surface area contributed by atoms with Crippen molar-refractivity contribution in [1.82, 2.24) is 10.2 Å². The summed E-state index contributed by atoms with van der Waals surface area (Å²) < 4.78 is 5.79. The Bertz CT molecular complexity index is 985. The molecular formula is C19H14N2O3. The van der Waals surface area contributed by atoms with Crippen molar-refractivity contribution in [2.45, 2.75) is 12.3 Å². The average molecular weight is 318 g/mol. The van der Waals surface area contributed by atoms with E-state index in [0.717, 1.165) is 16.3 Å². The number of aliphatic carboxylic acids is 1. The minimum Gasteiger partial charge on any atom is -0.478 e. The molecule has 3 aromatic rings. The molecule has 1 N–H and O–H groups in total. The summed E-state index contributed by atoms with van der Waals surface area (Å²) in [4.78, 5) is 11.1. The molecule has 0 saturated heterocycles. The molecule has 0 saturated carbocycles. The minimum atomic E-state index is -0.954. The third-order valence-electron chi connectivity index (χ3n) is 4.07. The first-order valence-corrected chi connectivity index (χ1v) is 7.65. The first-order valence-electron chi connectivity index (χ1n) is 7.65. The number of nitrogens with zero attached hydrogens (tertiary/aromatic N) is 2. The molecular weight excluding hydrogens is 304 g/mol. The van der Waals surface area contributed by atoms with E-state index in [1.165, 1.54) is 0 Å². The third kappa shape index (κ3) is 2.60. The van der Waals surface area contributed by atoms with E-state index in [1.54, 1.807) is 12.2 Å². The highest BCUT2D eigenvalue weighted by Gasteiger charge is 2.21. The van der Waals surface area contributed by atoms with Crippen molar-refractivity contribution in [2.24, 2.45) is 0 Å². The monoisotopic (exact) mass is 318 g/mol. The molecule has 0 radical (unpaired) electrons. The molecule has 0 fully saturated rings. The van der Waals surface area contributed by atoms with Crippen molar-refractivity contribution in [3.63, 3.8) is 0 Å². The van der Waals surface area contributed by atoms with Gasteiger partial charge in [-0.1, -0.05) is 48.6 Å². The lowest BCUT2D eigenvalue weighted by molar-refractivity contribution is -0.132. The number of allylic oxidation sites excluding steroid dienone is 2. The van der Waals surface area contributed by atoms with Crippen molar-refractivity contribution in [2.75, 3.05) is 0 Å². The van der Waals surface area contributed by atoms with E-state index in [9.17, 15) is 4.79 Å². The van der Waals surface area contributed by atoms with Crippen molar-refractivity contribution >= 4 is 16.7 Å². The van der Waals surface area contributed by atoms with Crippen LogP contribution in [0.5, 0.6) is 0 Å². The molecule has 0 amide bonds. The normalized spacial score (nSPS) is 17.0. The van der Waals surface area contributed by atoms with Gasteiger partial charge in [-0.2, -0.15) is 0 Å². The zero-order valence-electron chi connectivity index (χ0n) is 12.7. The van der Waals surface area contributed by atoms with Crippen LogP contribution < -0.4 is 0 Å². The second kappa shape index (κ2) is 5.77. The van der Waals surface area contributed by atoms with Gasteiger partial charge in [0.2, 0.25) is 11.8 Å². The van der Waals surface area contributed by atoms with E-state index < -0.39 is 5.97 Å². The van der Waals surface area contributed by atoms with Crippen molar-refractivity contribution < 1.29 is 14.3 Å². The van der Waals surface area contributed by atoms with Crippen LogP contribution in [-0.4, -0.2) is 21.3 Å². The van der Waals surface area contributed by atoms with Gasteiger partial charge >= 0.3 is 5.97 Å². The molecule has 1 aromatic heterocycles. The quantitative estimate of drug-likeness (QED) is 0.791. The van der Waals surface area contributed by atoms with Gasteiger partial charge in [-0.15, -0.1) is 10.2 Å². The van der Waals surface area contributed by atoms with Gasteiger partial charge in [-0.05, 0) is 29.3 Å². The molecule has 4 rings (SSSR count). The molecule has 0 bridgehead atoms.